The standard InChI is InChI=1S/C18H16ClN3/c1-13(14-7-3-2-4-8-14)22-18-17(20-11-12-21-18)15-9-5-6-10-16(15)19/h2-13H,1H3,(H,21,22)/t13-/m0/s1. The molecular weight excluding hydrogens is 294 g/mol. The quantitative estimate of drug-likeness (QED) is 0.739. The van der Waals surface area contributed by atoms with Crippen LogP contribution in [-0.2, 0) is 0 Å². The number of nitrogens with one attached hydrogen (secondary N) is 1. The van der Waals surface area contributed by atoms with Gasteiger partial charge in [-0.2, -0.15) is 0 Å². The van der Waals surface area contributed by atoms with Crippen LogP contribution in [0.1, 0.15) is 18.5 Å². The van der Waals surface area contributed by atoms with E-state index in [1.807, 2.05) is 42.5 Å². The summed E-state index contributed by atoms with van der Waals surface area (Å²) in [5.74, 6) is 0.729. The molecule has 0 aliphatic heterocycles. The lowest BCUT2D eigenvalue weighted by Gasteiger charge is -2.17. The lowest BCUT2D eigenvalue weighted by atomic mass is 10.1. The van der Waals surface area contributed by atoms with Crippen molar-refractivity contribution in [1.29, 1.82) is 0 Å². The fraction of sp³-hybridized carbons (Fsp3) is 0.111. The van der Waals surface area contributed by atoms with E-state index >= 15 is 0 Å². The topological polar surface area (TPSA) is 37.8 Å². The zero-order chi connectivity index (χ0) is 15.4. The molecule has 1 heterocycles. The van der Waals surface area contributed by atoms with Gasteiger partial charge in [-0.15, -0.1) is 0 Å². The summed E-state index contributed by atoms with van der Waals surface area (Å²) < 4.78 is 0. The fourth-order valence-electron chi connectivity index (χ4n) is 2.32. The molecule has 110 valence electrons. The molecule has 1 aromatic heterocycles. The summed E-state index contributed by atoms with van der Waals surface area (Å²) in [6.07, 6.45) is 3.36. The van der Waals surface area contributed by atoms with Crippen LogP contribution in [0.5, 0.6) is 0 Å². The molecule has 0 amide bonds. The molecule has 0 radical (unpaired) electrons. The van der Waals surface area contributed by atoms with Crippen LogP contribution in [0.2, 0.25) is 5.02 Å². The Labute approximate surface area is 135 Å². The van der Waals surface area contributed by atoms with Crippen molar-refractivity contribution in [3.05, 3.63) is 77.6 Å². The average molecular weight is 310 g/mol. The van der Waals surface area contributed by atoms with E-state index in [0.29, 0.717) is 5.02 Å². The van der Waals surface area contributed by atoms with Crippen molar-refractivity contribution in [2.45, 2.75) is 13.0 Å². The van der Waals surface area contributed by atoms with Crippen molar-refractivity contribution in [2.75, 3.05) is 5.32 Å². The predicted octanol–water partition coefficient (Wildman–Crippen LogP) is 4.97. The Kier molecular flexibility index (Phi) is 4.35. The summed E-state index contributed by atoms with van der Waals surface area (Å²) >= 11 is 6.29. The average Bonchev–Trinajstić information content (AvgIpc) is 2.57. The number of benzene rings is 2. The summed E-state index contributed by atoms with van der Waals surface area (Å²) in [5.41, 5.74) is 2.83. The number of anilines is 1. The molecule has 2 aromatic carbocycles. The first kappa shape index (κ1) is 14.5. The zero-order valence-corrected chi connectivity index (χ0v) is 13.0. The van der Waals surface area contributed by atoms with Gasteiger partial charge in [-0.25, -0.2) is 4.98 Å². The van der Waals surface area contributed by atoms with Gasteiger partial charge in [-0.3, -0.25) is 4.98 Å². The largest absolute Gasteiger partial charge is 0.362 e. The van der Waals surface area contributed by atoms with Crippen molar-refractivity contribution in [1.82, 2.24) is 9.97 Å². The van der Waals surface area contributed by atoms with Crippen molar-refractivity contribution in [2.24, 2.45) is 0 Å². The first-order valence-corrected chi connectivity index (χ1v) is 7.51. The first-order chi connectivity index (χ1) is 10.8. The van der Waals surface area contributed by atoms with E-state index in [2.05, 4.69) is 34.3 Å². The van der Waals surface area contributed by atoms with Crippen molar-refractivity contribution >= 4 is 17.4 Å². The van der Waals surface area contributed by atoms with Gasteiger partial charge in [-0.05, 0) is 18.6 Å². The van der Waals surface area contributed by atoms with Gasteiger partial charge in [0, 0.05) is 18.0 Å². The number of halogens is 1. The normalized spacial score (nSPS) is 11.9. The van der Waals surface area contributed by atoms with Gasteiger partial charge in [-0.1, -0.05) is 60.1 Å². The molecule has 3 rings (SSSR count). The van der Waals surface area contributed by atoms with E-state index in [4.69, 9.17) is 11.6 Å². The summed E-state index contributed by atoms with van der Waals surface area (Å²) in [6.45, 7) is 2.10. The monoisotopic (exact) mass is 309 g/mol. The van der Waals surface area contributed by atoms with Gasteiger partial charge in [0.1, 0.15) is 5.69 Å². The summed E-state index contributed by atoms with van der Waals surface area (Å²) in [4.78, 5) is 8.88. The van der Waals surface area contributed by atoms with Crippen LogP contribution in [-0.4, -0.2) is 9.97 Å². The van der Waals surface area contributed by atoms with Gasteiger partial charge < -0.3 is 5.32 Å². The zero-order valence-electron chi connectivity index (χ0n) is 12.2. The number of rotatable bonds is 4. The van der Waals surface area contributed by atoms with Gasteiger partial charge in [0.2, 0.25) is 0 Å². The smallest absolute Gasteiger partial charge is 0.153 e. The summed E-state index contributed by atoms with van der Waals surface area (Å²) in [6, 6.07) is 18.0. The first-order valence-electron chi connectivity index (χ1n) is 7.13. The Morgan fingerprint density at radius 1 is 0.909 bits per heavy atom. The third-order valence-corrected chi connectivity index (χ3v) is 3.81. The molecule has 0 unspecified atom stereocenters. The minimum absolute atomic E-state index is 0.124. The molecule has 3 aromatic rings. The highest BCUT2D eigenvalue weighted by Crippen LogP contribution is 2.31. The van der Waals surface area contributed by atoms with Crippen LogP contribution < -0.4 is 5.32 Å². The van der Waals surface area contributed by atoms with Crippen LogP contribution in [0.4, 0.5) is 5.82 Å². The molecule has 4 heteroatoms. The van der Waals surface area contributed by atoms with Crippen LogP contribution in [0.3, 0.4) is 0 Å². The Morgan fingerprint density at radius 3 is 2.36 bits per heavy atom. The van der Waals surface area contributed by atoms with Crippen molar-refractivity contribution < 1.29 is 0 Å². The maximum absolute atomic E-state index is 6.29. The molecule has 0 spiro atoms. The SMILES string of the molecule is C[C@H](Nc1nccnc1-c1ccccc1Cl)c1ccccc1. The summed E-state index contributed by atoms with van der Waals surface area (Å²) in [5, 5.41) is 4.09. The molecule has 3 nitrogen and oxygen atoms in total. The highest BCUT2D eigenvalue weighted by atomic mass is 35.5. The molecule has 0 aliphatic carbocycles. The van der Waals surface area contributed by atoms with Gasteiger partial charge in [0.15, 0.2) is 5.82 Å². The molecule has 0 saturated heterocycles. The number of nitrogens with zero attached hydrogens (tertiary/aromatic N) is 2. The molecule has 0 saturated carbocycles. The number of hydrogen-bond donors (Lipinski definition) is 1. The maximum atomic E-state index is 6.29. The molecule has 0 bridgehead atoms. The van der Waals surface area contributed by atoms with Gasteiger partial charge >= 0.3 is 0 Å². The predicted molar refractivity (Wildman–Crippen MR) is 91.0 cm³/mol. The van der Waals surface area contributed by atoms with E-state index in [1.54, 1.807) is 12.4 Å². The summed E-state index contributed by atoms with van der Waals surface area (Å²) in [7, 11) is 0. The number of aromatic nitrogens is 2. The molecule has 0 aliphatic rings. The second-order valence-corrected chi connectivity index (χ2v) is 5.42. The van der Waals surface area contributed by atoms with E-state index in [-0.39, 0.29) is 6.04 Å². The molecule has 22 heavy (non-hydrogen) atoms. The van der Waals surface area contributed by atoms with Crippen LogP contribution in [0.15, 0.2) is 67.0 Å². The minimum Gasteiger partial charge on any atom is -0.362 e. The minimum atomic E-state index is 0.124. The third kappa shape index (κ3) is 3.10. The third-order valence-electron chi connectivity index (χ3n) is 3.48. The Hall–Kier alpha value is -2.39. The van der Waals surface area contributed by atoms with E-state index in [1.165, 1.54) is 5.56 Å². The van der Waals surface area contributed by atoms with E-state index < -0.39 is 0 Å². The Morgan fingerprint density at radius 2 is 1.59 bits per heavy atom. The van der Waals surface area contributed by atoms with Crippen LogP contribution >= 0.6 is 11.6 Å². The maximum Gasteiger partial charge on any atom is 0.153 e. The molecule has 1 atom stereocenters. The second-order valence-electron chi connectivity index (χ2n) is 5.01. The molecular formula is C18H16ClN3. The highest BCUT2D eigenvalue weighted by Gasteiger charge is 2.13. The van der Waals surface area contributed by atoms with E-state index in [0.717, 1.165) is 17.1 Å². The second kappa shape index (κ2) is 6.58. The fourth-order valence-corrected chi connectivity index (χ4v) is 2.55. The number of hydrogen-bond acceptors (Lipinski definition) is 3. The lowest BCUT2D eigenvalue weighted by molar-refractivity contribution is 0.872. The van der Waals surface area contributed by atoms with Crippen LogP contribution in [0.25, 0.3) is 11.3 Å². The Bertz CT molecular complexity index is 759. The van der Waals surface area contributed by atoms with Gasteiger partial charge in [0.25, 0.3) is 0 Å². The van der Waals surface area contributed by atoms with Crippen molar-refractivity contribution in [3.8, 4) is 11.3 Å². The van der Waals surface area contributed by atoms with E-state index in [9.17, 15) is 0 Å². The van der Waals surface area contributed by atoms with Crippen LogP contribution in [0, 0.1) is 0 Å². The van der Waals surface area contributed by atoms with Gasteiger partial charge in [0.05, 0.1) is 11.1 Å². The molecule has 1 N–H and O–H groups in total. The Balaban J connectivity index is 1.94. The highest BCUT2D eigenvalue weighted by molar-refractivity contribution is 6.33. The lowest BCUT2D eigenvalue weighted by Crippen LogP contribution is -2.09. The van der Waals surface area contributed by atoms with Crippen molar-refractivity contribution in [3.63, 3.8) is 0 Å². The molecule has 0 fully saturated rings.